The summed E-state index contributed by atoms with van der Waals surface area (Å²) in [5.74, 6) is 0.970. The summed E-state index contributed by atoms with van der Waals surface area (Å²) in [5.41, 5.74) is 1.60. The standard InChI is InChI=1S/C24H33N7O3S/c1-2-11-30-22-6-5-20(35(33,34)29-12-3-4-13-29)16-21(22)27-23(30)7-8-24(32)28-14-9-19(10-15-28)31-18-25-17-26-31/h5-6,16-19H,2-4,7-15H2,1H3. The zero-order chi connectivity index (χ0) is 24.4. The molecule has 0 unspecified atom stereocenters. The molecule has 2 fully saturated rings. The van der Waals surface area contributed by atoms with Crippen molar-refractivity contribution in [1.82, 2.24) is 33.5 Å². The fraction of sp³-hybridized carbons (Fsp3) is 0.583. The molecule has 2 aromatic heterocycles. The Morgan fingerprint density at radius 3 is 2.57 bits per heavy atom. The number of imidazole rings is 1. The van der Waals surface area contributed by atoms with Crippen LogP contribution in [0.2, 0.25) is 0 Å². The summed E-state index contributed by atoms with van der Waals surface area (Å²) in [7, 11) is -3.49. The van der Waals surface area contributed by atoms with E-state index in [0.29, 0.717) is 55.5 Å². The molecule has 11 heteroatoms. The maximum absolute atomic E-state index is 13.0. The largest absolute Gasteiger partial charge is 0.343 e. The molecule has 0 N–H and O–H groups in total. The molecule has 1 aromatic carbocycles. The second-order valence-electron chi connectivity index (χ2n) is 9.43. The zero-order valence-electron chi connectivity index (χ0n) is 20.2. The first-order valence-corrected chi connectivity index (χ1v) is 14.0. The van der Waals surface area contributed by atoms with E-state index in [4.69, 9.17) is 4.98 Å². The van der Waals surface area contributed by atoms with Crippen LogP contribution in [0.5, 0.6) is 0 Å². The van der Waals surface area contributed by atoms with Gasteiger partial charge < -0.3 is 9.47 Å². The van der Waals surface area contributed by atoms with Gasteiger partial charge in [0, 0.05) is 45.6 Å². The van der Waals surface area contributed by atoms with Gasteiger partial charge in [0.15, 0.2) is 0 Å². The van der Waals surface area contributed by atoms with E-state index in [-0.39, 0.29) is 5.91 Å². The summed E-state index contributed by atoms with van der Waals surface area (Å²) in [4.78, 5) is 24.0. The third-order valence-corrected chi connectivity index (χ3v) is 9.03. The molecule has 0 atom stereocenters. The van der Waals surface area contributed by atoms with Gasteiger partial charge in [-0.1, -0.05) is 6.92 Å². The van der Waals surface area contributed by atoms with Crippen LogP contribution in [0.25, 0.3) is 11.0 Å². The topological polar surface area (TPSA) is 106 Å². The fourth-order valence-electron chi connectivity index (χ4n) is 5.22. The number of hydrogen-bond donors (Lipinski definition) is 0. The Morgan fingerprint density at radius 1 is 1.11 bits per heavy atom. The monoisotopic (exact) mass is 499 g/mol. The van der Waals surface area contributed by atoms with Crippen molar-refractivity contribution in [3.63, 3.8) is 0 Å². The van der Waals surface area contributed by atoms with Crippen molar-refractivity contribution in [2.45, 2.75) is 69.4 Å². The summed E-state index contributed by atoms with van der Waals surface area (Å²) in [6, 6.07) is 5.54. The number of fused-ring (bicyclic) bond motifs is 1. The van der Waals surface area contributed by atoms with Crippen LogP contribution in [0.1, 0.15) is 57.3 Å². The molecule has 4 heterocycles. The molecule has 1 amide bonds. The lowest BCUT2D eigenvalue weighted by atomic mass is 10.0. The molecule has 0 bridgehead atoms. The molecule has 0 spiro atoms. The second kappa shape index (κ2) is 10.1. The van der Waals surface area contributed by atoms with Crippen LogP contribution in [0, 0.1) is 0 Å². The number of sulfonamides is 1. The quantitative estimate of drug-likeness (QED) is 0.472. The van der Waals surface area contributed by atoms with E-state index < -0.39 is 10.0 Å². The molecule has 5 rings (SSSR count). The minimum absolute atomic E-state index is 0.134. The number of carbonyl (C=O) groups is 1. The molecule has 0 radical (unpaired) electrons. The van der Waals surface area contributed by atoms with Crippen molar-refractivity contribution in [2.24, 2.45) is 0 Å². The summed E-state index contributed by atoms with van der Waals surface area (Å²) < 4.78 is 31.6. The lowest BCUT2D eigenvalue weighted by Gasteiger charge is -2.32. The number of piperidine rings is 1. The smallest absolute Gasteiger partial charge is 0.243 e. The molecule has 35 heavy (non-hydrogen) atoms. The lowest BCUT2D eigenvalue weighted by Crippen LogP contribution is -2.39. The average Bonchev–Trinajstić information content (AvgIpc) is 3.65. The normalized spacial score (nSPS) is 18.0. The Kier molecular flexibility index (Phi) is 6.88. The molecule has 0 saturated carbocycles. The van der Waals surface area contributed by atoms with Gasteiger partial charge in [-0.2, -0.15) is 9.40 Å². The highest BCUT2D eigenvalue weighted by Crippen LogP contribution is 2.26. The first-order chi connectivity index (χ1) is 17.0. The van der Waals surface area contributed by atoms with Crippen molar-refractivity contribution in [1.29, 1.82) is 0 Å². The second-order valence-corrected chi connectivity index (χ2v) is 11.4. The van der Waals surface area contributed by atoms with Gasteiger partial charge in [0.25, 0.3) is 0 Å². The number of benzene rings is 1. The van der Waals surface area contributed by atoms with Gasteiger partial charge in [0.05, 0.1) is 22.0 Å². The Balaban J connectivity index is 1.28. The van der Waals surface area contributed by atoms with E-state index in [1.165, 1.54) is 0 Å². The average molecular weight is 500 g/mol. The van der Waals surface area contributed by atoms with E-state index in [1.807, 2.05) is 15.6 Å². The molecule has 0 aliphatic carbocycles. The number of likely N-dealkylation sites (tertiary alicyclic amines) is 1. The Bertz CT molecular complexity index is 1270. The number of aryl methyl sites for hydroxylation is 2. The van der Waals surface area contributed by atoms with Crippen molar-refractivity contribution >= 4 is 27.0 Å². The van der Waals surface area contributed by atoms with Gasteiger partial charge in [-0.15, -0.1) is 0 Å². The molecule has 2 aliphatic rings. The summed E-state index contributed by atoms with van der Waals surface area (Å²) in [5, 5.41) is 4.23. The van der Waals surface area contributed by atoms with Gasteiger partial charge in [0.1, 0.15) is 18.5 Å². The maximum atomic E-state index is 13.0. The molecular formula is C24H33N7O3S. The van der Waals surface area contributed by atoms with E-state index >= 15 is 0 Å². The molecule has 10 nitrogen and oxygen atoms in total. The molecule has 2 saturated heterocycles. The summed E-state index contributed by atoms with van der Waals surface area (Å²) in [6.45, 7) is 5.47. The highest BCUT2D eigenvalue weighted by atomic mass is 32.2. The number of carbonyl (C=O) groups excluding carboxylic acids is 1. The Hall–Kier alpha value is -2.79. The number of rotatable bonds is 8. The van der Waals surface area contributed by atoms with Crippen LogP contribution in [-0.2, 0) is 27.8 Å². The maximum Gasteiger partial charge on any atom is 0.243 e. The van der Waals surface area contributed by atoms with Crippen LogP contribution >= 0.6 is 0 Å². The van der Waals surface area contributed by atoms with Gasteiger partial charge in [-0.05, 0) is 50.3 Å². The SMILES string of the molecule is CCCn1c(CCC(=O)N2CCC(n3cncn3)CC2)nc2cc(S(=O)(=O)N3CCCC3)ccc21. The van der Waals surface area contributed by atoms with Gasteiger partial charge in [-0.3, -0.25) is 4.79 Å². The van der Waals surface area contributed by atoms with Crippen LogP contribution in [0.3, 0.4) is 0 Å². The van der Waals surface area contributed by atoms with E-state index in [2.05, 4.69) is 21.6 Å². The highest BCUT2D eigenvalue weighted by molar-refractivity contribution is 7.89. The zero-order valence-corrected chi connectivity index (χ0v) is 21.0. The predicted octanol–water partition coefficient (Wildman–Crippen LogP) is 2.62. The van der Waals surface area contributed by atoms with Crippen LogP contribution in [0.15, 0.2) is 35.7 Å². The number of hydrogen-bond acceptors (Lipinski definition) is 6. The highest BCUT2D eigenvalue weighted by Gasteiger charge is 2.28. The number of aromatic nitrogens is 5. The minimum atomic E-state index is -3.49. The minimum Gasteiger partial charge on any atom is -0.343 e. The van der Waals surface area contributed by atoms with Crippen molar-refractivity contribution < 1.29 is 13.2 Å². The van der Waals surface area contributed by atoms with Gasteiger partial charge in [0.2, 0.25) is 15.9 Å². The number of amides is 1. The van der Waals surface area contributed by atoms with Crippen LogP contribution < -0.4 is 0 Å². The first kappa shape index (κ1) is 23.9. The summed E-state index contributed by atoms with van der Waals surface area (Å²) >= 11 is 0. The third-order valence-electron chi connectivity index (χ3n) is 7.14. The van der Waals surface area contributed by atoms with E-state index in [9.17, 15) is 13.2 Å². The van der Waals surface area contributed by atoms with Gasteiger partial charge in [-0.25, -0.2) is 23.1 Å². The van der Waals surface area contributed by atoms with Crippen molar-refractivity contribution in [3.8, 4) is 0 Å². The third kappa shape index (κ3) is 4.84. The first-order valence-electron chi connectivity index (χ1n) is 12.6. The molecule has 188 valence electrons. The molecular weight excluding hydrogens is 466 g/mol. The number of nitrogens with zero attached hydrogens (tertiary/aromatic N) is 7. The van der Waals surface area contributed by atoms with Crippen LogP contribution in [0.4, 0.5) is 0 Å². The van der Waals surface area contributed by atoms with E-state index in [1.54, 1.807) is 29.1 Å². The van der Waals surface area contributed by atoms with E-state index in [0.717, 1.165) is 50.0 Å². The Labute approximate surface area is 206 Å². The van der Waals surface area contributed by atoms with Crippen molar-refractivity contribution in [3.05, 3.63) is 36.7 Å². The molecule has 3 aromatic rings. The fourth-order valence-corrected chi connectivity index (χ4v) is 6.76. The Morgan fingerprint density at radius 2 is 1.89 bits per heavy atom. The van der Waals surface area contributed by atoms with Gasteiger partial charge >= 0.3 is 0 Å². The van der Waals surface area contributed by atoms with Crippen LogP contribution in [-0.4, -0.2) is 74.0 Å². The van der Waals surface area contributed by atoms with Crippen molar-refractivity contribution in [2.75, 3.05) is 26.2 Å². The summed E-state index contributed by atoms with van der Waals surface area (Å²) in [6.07, 6.45) is 8.69. The molecule has 2 aliphatic heterocycles. The lowest BCUT2D eigenvalue weighted by molar-refractivity contribution is -0.132. The predicted molar refractivity (Wildman–Crippen MR) is 131 cm³/mol.